The number of carboxylic acid groups (broad SMARTS) is 1. The summed E-state index contributed by atoms with van der Waals surface area (Å²) >= 11 is 0. The van der Waals surface area contributed by atoms with Crippen molar-refractivity contribution in [2.75, 3.05) is 0 Å². The van der Waals surface area contributed by atoms with Crippen molar-refractivity contribution in [2.45, 2.75) is 122 Å². The zero-order chi connectivity index (χ0) is 26.4. The van der Waals surface area contributed by atoms with Gasteiger partial charge in [-0.1, -0.05) is 43.2 Å². The molecular formula is C28H44N2O6. The van der Waals surface area contributed by atoms with Crippen LogP contribution in [0, 0.1) is 0 Å². The van der Waals surface area contributed by atoms with Gasteiger partial charge in [-0.2, -0.15) is 0 Å². The molecule has 3 rings (SSSR count). The Hall–Kier alpha value is -2.61. The zero-order valence-electron chi connectivity index (χ0n) is 22.1. The summed E-state index contributed by atoms with van der Waals surface area (Å²) in [6.45, 7) is 4.90. The summed E-state index contributed by atoms with van der Waals surface area (Å²) in [6, 6.07) is 9.55. The molecule has 36 heavy (non-hydrogen) atoms. The van der Waals surface area contributed by atoms with Crippen LogP contribution in [0.15, 0.2) is 30.3 Å². The van der Waals surface area contributed by atoms with Gasteiger partial charge >= 0.3 is 12.1 Å². The number of esters is 1. The van der Waals surface area contributed by atoms with Gasteiger partial charge in [0.15, 0.2) is 0 Å². The van der Waals surface area contributed by atoms with Gasteiger partial charge in [-0.25, -0.2) is 9.59 Å². The molecule has 1 aromatic rings. The molecular weight excluding hydrogens is 460 g/mol. The lowest BCUT2D eigenvalue weighted by Crippen LogP contribution is -2.95. The number of nitrogens with one attached hydrogen (secondary N) is 1. The summed E-state index contributed by atoms with van der Waals surface area (Å²) in [5.74, 6) is -2.34. The lowest BCUT2D eigenvalue weighted by molar-refractivity contribution is -0.725. The Kier molecular flexibility index (Phi) is 12.7. The van der Waals surface area contributed by atoms with Gasteiger partial charge in [0.25, 0.3) is 0 Å². The lowest BCUT2D eigenvalue weighted by Gasteiger charge is -2.27. The van der Waals surface area contributed by atoms with Crippen LogP contribution in [0.1, 0.15) is 97.0 Å². The molecule has 2 saturated carbocycles. The van der Waals surface area contributed by atoms with Gasteiger partial charge < -0.3 is 30.0 Å². The van der Waals surface area contributed by atoms with Gasteiger partial charge in [-0.3, -0.25) is 0 Å². The summed E-state index contributed by atoms with van der Waals surface area (Å²) in [7, 11) is 0. The molecule has 0 unspecified atom stereocenters. The summed E-state index contributed by atoms with van der Waals surface area (Å²) < 4.78 is 10.0. The van der Waals surface area contributed by atoms with Crippen molar-refractivity contribution in [2.24, 2.45) is 0 Å². The third-order valence-electron chi connectivity index (χ3n) is 6.41. The van der Waals surface area contributed by atoms with Crippen molar-refractivity contribution >= 4 is 18.0 Å². The summed E-state index contributed by atoms with van der Waals surface area (Å²) in [6.07, 6.45) is 13.3. The topological polar surface area (TPSA) is 121 Å². The molecule has 0 heterocycles. The van der Waals surface area contributed by atoms with Crippen LogP contribution >= 0.6 is 0 Å². The average Bonchev–Trinajstić information content (AvgIpc) is 2.83. The van der Waals surface area contributed by atoms with E-state index in [0.717, 1.165) is 17.6 Å². The number of alkyl carbamates (subject to hydrolysis) is 1. The van der Waals surface area contributed by atoms with E-state index in [9.17, 15) is 19.5 Å². The highest BCUT2D eigenvalue weighted by atomic mass is 16.6. The van der Waals surface area contributed by atoms with Crippen molar-refractivity contribution in [3.8, 4) is 0 Å². The number of quaternary nitrogens is 1. The quantitative estimate of drug-likeness (QED) is 0.525. The second-order valence-corrected chi connectivity index (χ2v) is 10.9. The standard InChI is InChI=1S/C16H21NO6.C12H23N/c1-16(2,3)23-14(20)12(9-13(18)19)17-15(21)22-10-11-7-5-4-6-8-11;1-3-7-11(8-4-1)13-12-9-5-2-6-10-12/h4-8,12H,9-10H2,1-3H3,(H,17,21)(H,18,19);11-13H,1-10H2/t12-;/m1./s1. The van der Waals surface area contributed by atoms with E-state index in [4.69, 9.17) is 9.47 Å². The maximum Gasteiger partial charge on any atom is 0.408 e. The fourth-order valence-corrected chi connectivity index (χ4v) is 4.68. The van der Waals surface area contributed by atoms with Crippen molar-refractivity contribution < 1.29 is 34.3 Å². The molecule has 8 heteroatoms. The molecule has 0 saturated heterocycles. The number of rotatable bonds is 8. The fraction of sp³-hybridized carbons (Fsp3) is 0.679. The molecule has 1 amide bonds. The lowest BCUT2D eigenvalue weighted by atomic mass is 9.91. The first-order valence-corrected chi connectivity index (χ1v) is 13.4. The van der Waals surface area contributed by atoms with Crippen LogP contribution in [-0.2, 0) is 25.7 Å². The van der Waals surface area contributed by atoms with Crippen LogP contribution in [0.2, 0.25) is 0 Å². The third kappa shape index (κ3) is 12.9. The Labute approximate surface area is 215 Å². The average molecular weight is 505 g/mol. The minimum Gasteiger partial charge on any atom is -0.550 e. The van der Waals surface area contributed by atoms with E-state index in [-0.39, 0.29) is 6.61 Å². The highest BCUT2D eigenvalue weighted by molar-refractivity contribution is 5.85. The van der Waals surface area contributed by atoms with Gasteiger partial charge in [0.1, 0.15) is 18.2 Å². The highest BCUT2D eigenvalue weighted by Gasteiger charge is 2.27. The number of hydrogen-bond acceptors (Lipinski definition) is 6. The van der Waals surface area contributed by atoms with Crippen molar-refractivity contribution in [1.29, 1.82) is 0 Å². The largest absolute Gasteiger partial charge is 0.550 e. The zero-order valence-corrected chi connectivity index (χ0v) is 22.1. The third-order valence-corrected chi connectivity index (χ3v) is 6.41. The maximum atomic E-state index is 11.9. The molecule has 0 bridgehead atoms. The Bertz CT molecular complexity index is 780. The number of ether oxygens (including phenoxy) is 2. The van der Waals surface area contributed by atoms with Gasteiger partial charge in [-0.05, 0) is 77.7 Å². The Balaban J connectivity index is 0.000000293. The van der Waals surface area contributed by atoms with Crippen molar-refractivity contribution in [1.82, 2.24) is 5.32 Å². The number of carbonyl (C=O) groups excluding carboxylic acids is 3. The molecule has 2 aliphatic rings. The first kappa shape index (κ1) is 29.6. The van der Waals surface area contributed by atoms with Gasteiger partial charge in [0.2, 0.25) is 0 Å². The SMILES string of the molecule is C1CCC([NH2+]C2CCCCC2)CC1.CC(C)(C)OC(=O)[C@@H](CC(=O)[O-])NC(=O)OCc1ccccc1. The van der Waals surface area contributed by atoms with E-state index >= 15 is 0 Å². The molecule has 0 radical (unpaired) electrons. The first-order chi connectivity index (χ1) is 17.1. The van der Waals surface area contributed by atoms with Gasteiger partial charge in [-0.15, -0.1) is 0 Å². The molecule has 3 N–H and O–H groups in total. The molecule has 0 aromatic heterocycles. The van der Waals surface area contributed by atoms with Crippen LogP contribution in [0.5, 0.6) is 0 Å². The molecule has 0 aliphatic heterocycles. The Morgan fingerprint density at radius 1 is 0.944 bits per heavy atom. The fourth-order valence-electron chi connectivity index (χ4n) is 4.68. The number of hydrogen-bond donors (Lipinski definition) is 2. The van der Waals surface area contributed by atoms with Crippen LogP contribution in [0.25, 0.3) is 0 Å². The molecule has 8 nitrogen and oxygen atoms in total. The van der Waals surface area contributed by atoms with E-state index in [2.05, 4.69) is 10.6 Å². The molecule has 0 spiro atoms. The maximum absolute atomic E-state index is 11.9. The molecule has 1 aromatic carbocycles. The van der Waals surface area contributed by atoms with E-state index in [1.807, 2.05) is 6.07 Å². The van der Waals surface area contributed by atoms with Crippen LogP contribution < -0.4 is 15.7 Å². The van der Waals surface area contributed by atoms with E-state index in [1.165, 1.54) is 64.2 Å². The Morgan fingerprint density at radius 3 is 1.94 bits per heavy atom. The van der Waals surface area contributed by atoms with E-state index < -0.39 is 36.1 Å². The van der Waals surface area contributed by atoms with Crippen LogP contribution in [0.4, 0.5) is 4.79 Å². The number of amides is 1. The number of nitrogens with two attached hydrogens (primary N) is 1. The predicted molar refractivity (Wildman–Crippen MR) is 135 cm³/mol. The smallest absolute Gasteiger partial charge is 0.408 e. The summed E-state index contributed by atoms with van der Waals surface area (Å²) in [5, 5.41) is 15.6. The number of carbonyl (C=O) groups is 3. The summed E-state index contributed by atoms with van der Waals surface area (Å²) in [5.41, 5.74) is -0.0481. The number of aliphatic carboxylic acids is 1. The normalized spacial score (nSPS) is 17.8. The molecule has 1 atom stereocenters. The van der Waals surface area contributed by atoms with E-state index in [0.29, 0.717) is 0 Å². The molecule has 2 fully saturated rings. The molecule has 202 valence electrons. The second kappa shape index (κ2) is 15.5. The number of carboxylic acids is 1. The summed E-state index contributed by atoms with van der Waals surface area (Å²) in [4.78, 5) is 34.4. The Morgan fingerprint density at radius 2 is 1.47 bits per heavy atom. The van der Waals surface area contributed by atoms with Crippen LogP contribution in [0.3, 0.4) is 0 Å². The minimum atomic E-state index is -1.48. The minimum absolute atomic E-state index is 0.000959. The van der Waals surface area contributed by atoms with Crippen molar-refractivity contribution in [3.63, 3.8) is 0 Å². The predicted octanol–water partition coefficient (Wildman–Crippen LogP) is 2.98. The van der Waals surface area contributed by atoms with Gasteiger partial charge in [0.05, 0.1) is 12.1 Å². The highest BCUT2D eigenvalue weighted by Crippen LogP contribution is 2.18. The second-order valence-electron chi connectivity index (χ2n) is 10.9. The van der Waals surface area contributed by atoms with Gasteiger partial charge in [0, 0.05) is 12.4 Å². The first-order valence-electron chi connectivity index (χ1n) is 13.4. The number of benzene rings is 1. The molecule has 2 aliphatic carbocycles. The van der Waals surface area contributed by atoms with Crippen molar-refractivity contribution in [3.05, 3.63) is 35.9 Å². The van der Waals surface area contributed by atoms with Crippen LogP contribution in [-0.4, -0.2) is 41.8 Å². The van der Waals surface area contributed by atoms with E-state index in [1.54, 1.807) is 45.0 Å². The monoisotopic (exact) mass is 504 g/mol.